The van der Waals surface area contributed by atoms with Crippen molar-refractivity contribution in [2.24, 2.45) is 5.41 Å². The summed E-state index contributed by atoms with van der Waals surface area (Å²) in [7, 11) is 1.62. The average molecular weight is 176 g/mol. The first-order chi connectivity index (χ1) is 4.56. The van der Waals surface area contributed by atoms with Gasteiger partial charge in [0.25, 0.3) is 0 Å². The molecule has 1 unspecified atom stereocenters. The van der Waals surface area contributed by atoms with Crippen LogP contribution >= 0.6 is 0 Å². The number of ether oxygens (including phenoxy) is 1. The van der Waals surface area contributed by atoms with Crippen LogP contribution in [0.5, 0.6) is 0 Å². The van der Waals surface area contributed by atoms with Crippen molar-refractivity contribution in [2.45, 2.75) is 42.0 Å². The summed E-state index contributed by atoms with van der Waals surface area (Å²) in [5, 5.41) is 0. The molecule has 0 radical (unpaired) electrons. The SMILES string of the molecule is C.C.CCC(C)(COC)C(C)=O. The van der Waals surface area contributed by atoms with Crippen LogP contribution in [0.25, 0.3) is 0 Å². The summed E-state index contributed by atoms with van der Waals surface area (Å²) < 4.78 is 4.94. The Balaban J connectivity index is -0.000000405. The third kappa shape index (κ3) is 4.50. The molecule has 0 aliphatic carbocycles. The molecule has 2 heteroatoms. The maximum Gasteiger partial charge on any atom is 0.137 e. The molecule has 0 heterocycles. The van der Waals surface area contributed by atoms with E-state index >= 15 is 0 Å². The molecule has 1 atom stereocenters. The van der Waals surface area contributed by atoms with E-state index in [-0.39, 0.29) is 26.1 Å². The summed E-state index contributed by atoms with van der Waals surface area (Å²) in [6.45, 7) is 6.07. The summed E-state index contributed by atoms with van der Waals surface area (Å²) in [4.78, 5) is 11.0. The van der Waals surface area contributed by atoms with Crippen molar-refractivity contribution in [3.8, 4) is 0 Å². The van der Waals surface area contributed by atoms with Gasteiger partial charge < -0.3 is 4.74 Å². The van der Waals surface area contributed by atoms with Gasteiger partial charge in [-0.3, -0.25) is 4.79 Å². The Kier molecular flexibility index (Phi) is 10.7. The van der Waals surface area contributed by atoms with E-state index in [4.69, 9.17) is 4.74 Å². The van der Waals surface area contributed by atoms with E-state index in [1.165, 1.54) is 0 Å². The fourth-order valence-corrected chi connectivity index (χ4v) is 0.771. The Morgan fingerprint density at radius 1 is 1.42 bits per heavy atom. The zero-order chi connectivity index (χ0) is 8.20. The standard InChI is InChI=1S/C8H16O2.2CH4/c1-5-8(3,6-10-4)7(2)9;;/h5-6H2,1-4H3;2*1H4. The highest BCUT2D eigenvalue weighted by Gasteiger charge is 2.26. The predicted octanol–water partition coefficient (Wildman–Crippen LogP) is 2.91. The Morgan fingerprint density at radius 3 is 1.92 bits per heavy atom. The molecule has 0 aromatic heterocycles. The van der Waals surface area contributed by atoms with E-state index in [0.29, 0.717) is 6.61 Å². The highest BCUT2D eigenvalue weighted by Crippen LogP contribution is 2.21. The van der Waals surface area contributed by atoms with Crippen molar-refractivity contribution in [3.63, 3.8) is 0 Å². The molecule has 0 saturated heterocycles. The maximum atomic E-state index is 11.0. The lowest BCUT2D eigenvalue weighted by Crippen LogP contribution is -2.29. The normalized spacial score (nSPS) is 13.7. The summed E-state index contributed by atoms with van der Waals surface area (Å²) in [5.74, 6) is 0.205. The Bertz CT molecular complexity index is 121. The molecule has 0 aromatic carbocycles. The van der Waals surface area contributed by atoms with Crippen LogP contribution in [0, 0.1) is 5.41 Å². The first-order valence-electron chi connectivity index (χ1n) is 3.57. The van der Waals surface area contributed by atoms with Crippen molar-refractivity contribution in [3.05, 3.63) is 0 Å². The summed E-state index contributed by atoms with van der Waals surface area (Å²) >= 11 is 0. The molecule has 0 spiro atoms. The minimum absolute atomic E-state index is 0. The van der Waals surface area contributed by atoms with Crippen molar-refractivity contribution in [1.82, 2.24) is 0 Å². The predicted molar refractivity (Wildman–Crippen MR) is 54.4 cm³/mol. The first kappa shape index (κ1) is 17.6. The van der Waals surface area contributed by atoms with Gasteiger partial charge in [0.05, 0.1) is 6.61 Å². The van der Waals surface area contributed by atoms with E-state index in [1.807, 2.05) is 13.8 Å². The molecular formula is C10H24O2. The third-order valence-corrected chi connectivity index (χ3v) is 2.09. The topological polar surface area (TPSA) is 26.3 Å². The monoisotopic (exact) mass is 176 g/mol. The van der Waals surface area contributed by atoms with Gasteiger partial charge in [0.2, 0.25) is 0 Å². The highest BCUT2D eigenvalue weighted by molar-refractivity contribution is 5.81. The van der Waals surface area contributed by atoms with Gasteiger partial charge in [-0.05, 0) is 13.3 Å². The van der Waals surface area contributed by atoms with Crippen molar-refractivity contribution >= 4 is 5.78 Å². The average Bonchev–Trinajstić information content (AvgIpc) is 1.88. The van der Waals surface area contributed by atoms with Gasteiger partial charge in [0.1, 0.15) is 5.78 Å². The van der Waals surface area contributed by atoms with Gasteiger partial charge in [-0.2, -0.15) is 0 Å². The zero-order valence-electron chi connectivity index (χ0n) is 7.23. The molecule has 0 fully saturated rings. The highest BCUT2D eigenvalue weighted by atomic mass is 16.5. The summed E-state index contributed by atoms with van der Waals surface area (Å²) in [5.41, 5.74) is -0.269. The lowest BCUT2D eigenvalue weighted by Gasteiger charge is -2.23. The molecule has 76 valence electrons. The summed E-state index contributed by atoms with van der Waals surface area (Å²) in [6.07, 6.45) is 0.843. The minimum Gasteiger partial charge on any atom is -0.384 e. The zero-order valence-corrected chi connectivity index (χ0v) is 7.23. The molecule has 2 nitrogen and oxygen atoms in total. The summed E-state index contributed by atoms with van der Waals surface area (Å²) in [6, 6.07) is 0. The van der Waals surface area contributed by atoms with Crippen molar-refractivity contribution in [1.29, 1.82) is 0 Å². The van der Waals surface area contributed by atoms with Crippen molar-refractivity contribution < 1.29 is 9.53 Å². The molecule has 0 aromatic rings. The minimum atomic E-state index is -0.269. The number of Topliss-reactive ketones (excluding diaryl/α,β-unsaturated/α-hetero) is 1. The van der Waals surface area contributed by atoms with Gasteiger partial charge in [-0.1, -0.05) is 28.7 Å². The molecule has 0 bridgehead atoms. The second-order valence-corrected chi connectivity index (χ2v) is 2.90. The molecule has 0 amide bonds. The van der Waals surface area contributed by atoms with Crippen LogP contribution in [0.4, 0.5) is 0 Å². The molecule has 0 saturated carbocycles. The van der Waals surface area contributed by atoms with Crippen LogP contribution in [0.3, 0.4) is 0 Å². The third-order valence-electron chi connectivity index (χ3n) is 2.09. The number of carbonyl (C=O) groups excluding carboxylic acids is 1. The van der Waals surface area contributed by atoms with E-state index in [2.05, 4.69) is 0 Å². The van der Waals surface area contributed by atoms with E-state index in [0.717, 1.165) is 6.42 Å². The van der Waals surface area contributed by atoms with Crippen LogP contribution in [0.1, 0.15) is 42.0 Å². The van der Waals surface area contributed by atoms with Crippen molar-refractivity contribution in [2.75, 3.05) is 13.7 Å². The molecular weight excluding hydrogens is 152 g/mol. The number of ketones is 1. The van der Waals surface area contributed by atoms with Crippen LogP contribution in [0.2, 0.25) is 0 Å². The van der Waals surface area contributed by atoms with Crippen LogP contribution < -0.4 is 0 Å². The molecule has 0 aliphatic heterocycles. The maximum absolute atomic E-state index is 11.0. The van der Waals surface area contributed by atoms with Gasteiger partial charge in [-0.25, -0.2) is 0 Å². The largest absolute Gasteiger partial charge is 0.384 e. The van der Waals surface area contributed by atoms with Gasteiger partial charge in [0, 0.05) is 12.5 Å². The molecule has 0 aliphatic rings. The Hall–Kier alpha value is -0.370. The smallest absolute Gasteiger partial charge is 0.137 e. The Morgan fingerprint density at radius 2 is 1.83 bits per heavy atom. The fourth-order valence-electron chi connectivity index (χ4n) is 0.771. The van der Waals surface area contributed by atoms with Gasteiger partial charge >= 0.3 is 0 Å². The second-order valence-electron chi connectivity index (χ2n) is 2.90. The van der Waals surface area contributed by atoms with Crippen LogP contribution in [0.15, 0.2) is 0 Å². The quantitative estimate of drug-likeness (QED) is 0.658. The second kappa shape index (κ2) is 7.29. The number of carbonyl (C=O) groups is 1. The lowest BCUT2D eigenvalue weighted by molar-refractivity contribution is -0.128. The molecule has 0 rings (SSSR count). The van der Waals surface area contributed by atoms with Gasteiger partial charge in [0.15, 0.2) is 0 Å². The fraction of sp³-hybridized carbons (Fsp3) is 0.900. The number of hydrogen-bond acceptors (Lipinski definition) is 2. The number of methoxy groups -OCH3 is 1. The van der Waals surface area contributed by atoms with Gasteiger partial charge in [-0.15, -0.1) is 0 Å². The van der Waals surface area contributed by atoms with E-state index in [9.17, 15) is 4.79 Å². The lowest BCUT2D eigenvalue weighted by atomic mass is 9.85. The molecule has 12 heavy (non-hydrogen) atoms. The van der Waals surface area contributed by atoms with Crippen LogP contribution in [-0.2, 0) is 9.53 Å². The van der Waals surface area contributed by atoms with E-state index < -0.39 is 0 Å². The molecule has 0 N–H and O–H groups in total. The number of hydrogen-bond donors (Lipinski definition) is 0. The van der Waals surface area contributed by atoms with E-state index in [1.54, 1.807) is 14.0 Å². The Labute approximate surface area is 77.3 Å². The van der Waals surface area contributed by atoms with Crippen LogP contribution in [-0.4, -0.2) is 19.5 Å². The first-order valence-corrected chi connectivity index (χ1v) is 3.57. The number of rotatable bonds is 4.